The minimum absolute atomic E-state index is 0.0659. The van der Waals surface area contributed by atoms with Crippen LogP contribution in [0, 0.1) is 0 Å². The lowest BCUT2D eigenvalue weighted by molar-refractivity contribution is -0.123. The van der Waals surface area contributed by atoms with Crippen molar-refractivity contribution < 1.29 is 19.4 Å². The molecular formula is C9H14N2O4. The van der Waals surface area contributed by atoms with E-state index in [1.54, 1.807) is 13.1 Å². The van der Waals surface area contributed by atoms with Gasteiger partial charge >= 0.3 is 0 Å². The molecule has 2 N–H and O–H groups in total. The van der Waals surface area contributed by atoms with Gasteiger partial charge in [-0.05, 0) is 6.92 Å². The van der Waals surface area contributed by atoms with Gasteiger partial charge in [-0.2, -0.15) is 0 Å². The number of hydrogen-bond acceptors (Lipinski definition) is 5. The number of carbonyl (C=O) groups excluding carboxylic acids is 1. The summed E-state index contributed by atoms with van der Waals surface area (Å²) in [5, 5.41) is 11.5. The first kappa shape index (κ1) is 10.4. The molecule has 15 heavy (non-hydrogen) atoms. The Balaban J connectivity index is 1.98. The first-order chi connectivity index (χ1) is 7.20. The highest BCUT2D eigenvalue weighted by Gasteiger charge is 2.30. The first-order valence-electron chi connectivity index (χ1n) is 4.81. The van der Waals surface area contributed by atoms with Crippen LogP contribution in [0.1, 0.15) is 6.92 Å². The van der Waals surface area contributed by atoms with Gasteiger partial charge in [0.05, 0.1) is 19.9 Å². The maximum absolute atomic E-state index is 11.2. The van der Waals surface area contributed by atoms with Crippen LogP contribution >= 0.6 is 0 Å². The fourth-order valence-corrected chi connectivity index (χ4v) is 1.55. The van der Waals surface area contributed by atoms with Gasteiger partial charge in [-0.3, -0.25) is 4.79 Å². The molecule has 1 fully saturated rings. The Hall–Kier alpha value is -1.11. The van der Waals surface area contributed by atoms with Crippen LogP contribution in [0.3, 0.4) is 0 Å². The highest BCUT2D eigenvalue weighted by molar-refractivity contribution is 5.93. The predicted molar refractivity (Wildman–Crippen MR) is 50.3 cm³/mol. The summed E-state index contributed by atoms with van der Waals surface area (Å²) in [6.45, 7) is 2.38. The summed E-state index contributed by atoms with van der Waals surface area (Å²) in [4.78, 5) is 13.0. The molecule has 0 aromatic carbocycles. The number of nitrogens with one attached hydrogen (secondary N) is 1. The Morgan fingerprint density at radius 1 is 1.73 bits per heavy atom. The molecule has 84 valence electrons. The van der Waals surface area contributed by atoms with Crippen molar-refractivity contribution in [1.82, 2.24) is 10.2 Å². The van der Waals surface area contributed by atoms with Gasteiger partial charge in [0, 0.05) is 11.8 Å². The zero-order valence-electron chi connectivity index (χ0n) is 8.47. The van der Waals surface area contributed by atoms with Crippen molar-refractivity contribution in [1.29, 1.82) is 0 Å². The number of amides is 1. The molecule has 0 bridgehead atoms. The van der Waals surface area contributed by atoms with Crippen molar-refractivity contribution in [3.8, 4) is 0 Å². The molecule has 0 saturated carbocycles. The van der Waals surface area contributed by atoms with Gasteiger partial charge in [0.25, 0.3) is 0 Å². The number of hydrogen-bond donors (Lipinski definition) is 2. The van der Waals surface area contributed by atoms with E-state index in [1.807, 2.05) is 4.90 Å². The summed E-state index contributed by atoms with van der Waals surface area (Å²) in [5.41, 5.74) is 0.636. The third kappa shape index (κ3) is 2.11. The number of carbonyl (C=O) groups is 1. The van der Waals surface area contributed by atoms with Crippen LogP contribution in [0.4, 0.5) is 0 Å². The van der Waals surface area contributed by atoms with Crippen molar-refractivity contribution in [3.63, 3.8) is 0 Å². The van der Waals surface area contributed by atoms with E-state index in [9.17, 15) is 4.79 Å². The van der Waals surface area contributed by atoms with Crippen LogP contribution in [0.25, 0.3) is 0 Å². The summed E-state index contributed by atoms with van der Waals surface area (Å²) in [6.07, 6.45) is 0.950. The smallest absolute Gasteiger partial charge is 0.249 e. The van der Waals surface area contributed by atoms with E-state index in [4.69, 9.17) is 14.6 Å². The van der Waals surface area contributed by atoms with Crippen molar-refractivity contribution in [3.05, 3.63) is 11.8 Å². The Morgan fingerprint density at radius 2 is 2.53 bits per heavy atom. The van der Waals surface area contributed by atoms with E-state index in [0.29, 0.717) is 18.8 Å². The maximum atomic E-state index is 11.2. The SMILES string of the molecule is CC1=CN(C2COC(CO)O2)CNC1=O. The Morgan fingerprint density at radius 3 is 3.13 bits per heavy atom. The van der Waals surface area contributed by atoms with E-state index >= 15 is 0 Å². The summed E-state index contributed by atoms with van der Waals surface area (Å²) in [7, 11) is 0. The number of rotatable bonds is 2. The largest absolute Gasteiger partial charge is 0.391 e. The third-order valence-corrected chi connectivity index (χ3v) is 2.39. The summed E-state index contributed by atoms with van der Waals surface area (Å²) in [5.74, 6) is -0.0659. The molecule has 2 aliphatic heterocycles. The van der Waals surface area contributed by atoms with E-state index in [-0.39, 0.29) is 18.7 Å². The van der Waals surface area contributed by atoms with Crippen molar-refractivity contribution >= 4 is 5.91 Å². The molecule has 2 heterocycles. The van der Waals surface area contributed by atoms with Gasteiger partial charge < -0.3 is 24.8 Å². The van der Waals surface area contributed by atoms with E-state index in [1.165, 1.54) is 0 Å². The Bertz CT molecular complexity index is 292. The highest BCUT2D eigenvalue weighted by Crippen LogP contribution is 2.17. The minimum Gasteiger partial charge on any atom is -0.391 e. The third-order valence-electron chi connectivity index (χ3n) is 2.39. The lowest BCUT2D eigenvalue weighted by Gasteiger charge is -2.29. The summed E-state index contributed by atoms with van der Waals surface area (Å²) >= 11 is 0. The Labute approximate surface area is 87.5 Å². The van der Waals surface area contributed by atoms with Gasteiger partial charge in [-0.25, -0.2) is 0 Å². The van der Waals surface area contributed by atoms with Crippen LogP contribution in [0.5, 0.6) is 0 Å². The average Bonchev–Trinajstić information content (AvgIpc) is 2.70. The van der Waals surface area contributed by atoms with Gasteiger partial charge in [0.15, 0.2) is 12.5 Å². The molecule has 1 saturated heterocycles. The topological polar surface area (TPSA) is 71.0 Å². The molecule has 0 spiro atoms. The number of aliphatic hydroxyl groups excluding tert-OH is 1. The first-order valence-corrected chi connectivity index (χ1v) is 4.81. The molecule has 6 heteroatoms. The molecule has 2 unspecified atom stereocenters. The fourth-order valence-electron chi connectivity index (χ4n) is 1.55. The van der Waals surface area contributed by atoms with Crippen LogP contribution in [0.2, 0.25) is 0 Å². The normalized spacial score (nSPS) is 31.5. The lowest BCUT2D eigenvalue weighted by Crippen LogP contribution is -2.46. The quantitative estimate of drug-likeness (QED) is 0.615. The molecule has 2 atom stereocenters. The number of nitrogens with zero attached hydrogens (tertiary/aromatic N) is 1. The van der Waals surface area contributed by atoms with E-state index < -0.39 is 6.29 Å². The predicted octanol–water partition coefficient (Wildman–Crippen LogP) is -1.03. The van der Waals surface area contributed by atoms with Crippen LogP contribution in [-0.4, -0.2) is 48.3 Å². The molecular weight excluding hydrogens is 200 g/mol. The average molecular weight is 214 g/mol. The minimum atomic E-state index is -0.554. The van der Waals surface area contributed by atoms with Crippen LogP contribution < -0.4 is 5.32 Å². The standard InChI is InChI=1S/C9H14N2O4/c1-6-2-11(5-10-9(6)13)7-4-14-8(3-12)15-7/h2,7-8,12H,3-5H2,1H3,(H,10,13). The summed E-state index contributed by atoms with van der Waals surface area (Å²) in [6, 6.07) is 0. The molecule has 0 aromatic heterocycles. The van der Waals surface area contributed by atoms with Gasteiger partial charge in [0.1, 0.15) is 0 Å². The number of aliphatic hydroxyl groups is 1. The van der Waals surface area contributed by atoms with Crippen molar-refractivity contribution in [2.24, 2.45) is 0 Å². The monoisotopic (exact) mass is 214 g/mol. The van der Waals surface area contributed by atoms with Crippen molar-refractivity contribution in [2.75, 3.05) is 19.9 Å². The second-order valence-corrected chi connectivity index (χ2v) is 3.53. The second-order valence-electron chi connectivity index (χ2n) is 3.53. The molecule has 0 aromatic rings. The van der Waals surface area contributed by atoms with Gasteiger partial charge in [-0.1, -0.05) is 0 Å². The summed E-state index contributed by atoms with van der Waals surface area (Å²) < 4.78 is 10.6. The maximum Gasteiger partial charge on any atom is 0.249 e. The van der Waals surface area contributed by atoms with E-state index in [2.05, 4.69) is 5.32 Å². The second kappa shape index (κ2) is 4.18. The van der Waals surface area contributed by atoms with Gasteiger partial charge in [0.2, 0.25) is 5.91 Å². The number of ether oxygens (including phenoxy) is 2. The molecule has 1 amide bonds. The van der Waals surface area contributed by atoms with Gasteiger partial charge in [-0.15, -0.1) is 0 Å². The highest BCUT2D eigenvalue weighted by atomic mass is 16.7. The molecule has 2 rings (SSSR count). The zero-order valence-corrected chi connectivity index (χ0v) is 8.47. The van der Waals surface area contributed by atoms with Crippen molar-refractivity contribution in [2.45, 2.75) is 19.4 Å². The molecule has 0 aliphatic carbocycles. The zero-order chi connectivity index (χ0) is 10.8. The lowest BCUT2D eigenvalue weighted by atomic mass is 10.2. The molecule has 2 aliphatic rings. The fraction of sp³-hybridized carbons (Fsp3) is 0.667. The Kier molecular flexibility index (Phi) is 2.90. The molecule has 6 nitrogen and oxygen atoms in total. The van der Waals surface area contributed by atoms with E-state index in [0.717, 1.165) is 0 Å². The van der Waals surface area contributed by atoms with Crippen LogP contribution in [-0.2, 0) is 14.3 Å². The van der Waals surface area contributed by atoms with Crippen LogP contribution in [0.15, 0.2) is 11.8 Å². The molecule has 0 radical (unpaired) electrons.